The monoisotopic (exact) mass is 386 g/mol. The number of quaternary nitrogens is 1. The Morgan fingerprint density at radius 3 is 3.15 bits per heavy atom. The zero-order valence-corrected chi connectivity index (χ0v) is 15.5. The number of amides is 1. The third kappa shape index (κ3) is 2.64. The Morgan fingerprint density at radius 1 is 1.38 bits per heavy atom. The van der Waals surface area contributed by atoms with Crippen LogP contribution in [0, 0.1) is 0 Å². The minimum absolute atomic E-state index is 0.0358. The van der Waals surface area contributed by atoms with E-state index in [-0.39, 0.29) is 23.8 Å². The van der Waals surface area contributed by atoms with E-state index in [1.807, 2.05) is 29.9 Å². The normalized spacial score (nSPS) is 27.0. The highest BCUT2D eigenvalue weighted by Crippen LogP contribution is 2.44. The second-order valence-corrected chi connectivity index (χ2v) is 8.30. The Bertz CT molecular complexity index is 941. The summed E-state index contributed by atoms with van der Waals surface area (Å²) in [6, 6.07) is 6.00. The molecule has 0 spiro atoms. The number of hydrogen-bond acceptors (Lipinski definition) is 7. The van der Waals surface area contributed by atoms with E-state index in [9.17, 15) is 4.79 Å². The summed E-state index contributed by atoms with van der Waals surface area (Å²) in [5.74, 6) is 0.576. The smallest absolute Gasteiger partial charge is 0.287 e. The number of anilines is 1. The fraction of sp³-hybridized carbons (Fsp3) is 0.235. The Morgan fingerprint density at radius 2 is 2.31 bits per heavy atom. The van der Waals surface area contributed by atoms with Crippen LogP contribution in [0.1, 0.15) is 28.8 Å². The van der Waals surface area contributed by atoms with Gasteiger partial charge < -0.3 is 10.1 Å². The summed E-state index contributed by atoms with van der Waals surface area (Å²) >= 11 is 3.37. The highest BCUT2D eigenvalue weighted by atomic mass is 32.2. The molecular formula is C17H16N5O2S2+. The summed E-state index contributed by atoms with van der Waals surface area (Å²) in [6.07, 6.45) is 3.73. The van der Waals surface area contributed by atoms with Crippen molar-refractivity contribution in [3.8, 4) is 5.75 Å². The van der Waals surface area contributed by atoms with Crippen molar-refractivity contribution in [2.24, 2.45) is 4.99 Å². The van der Waals surface area contributed by atoms with E-state index in [0.29, 0.717) is 5.75 Å². The summed E-state index contributed by atoms with van der Waals surface area (Å²) in [7, 11) is 0. The lowest BCUT2D eigenvalue weighted by Crippen LogP contribution is -3.18. The first-order valence-corrected chi connectivity index (χ1v) is 9.96. The van der Waals surface area contributed by atoms with Crippen molar-refractivity contribution in [1.29, 1.82) is 0 Å². The van der Waals surface area contributed by atoms with Crippen LogP contribution >= 0.6 is 23.1 Å². The molecule has 3 aliphatic heterocycles. The number of fused-ring (bicyclic) bond motifs is 2. The quantitative estimate of drug-likeness (QED) is 0.731. The number of aromatic nitrogens is 1. The number of rotatable bonds is 2. The van der Waals surface area contributed by atoms with Gasteiger partial charge in [-0.1, -0.05) is 6.07 Å². The van der Waals surface area contributed by atoms with E-state index in [1.165, 1.54) is 0 Å². The second-order valence-electron chi connectivity index (χ2n) is 6.24. The molecule has 1 fully saturated rings. The number of carbonyl (C=O) groups excluding carboxylic acids is 1. The fourth-order valence-corrected chi connectivity index (χ4v) is 5.37. The summed E-state index contributed by atoms with van der Waals surface area (Å²) in [5.41, 5.74) is 6.58. The number of nitrogens with one attached hydrogen (secondary N) is 3. The molecule has 7 nitrogen and oxygen atoms in total. The van der Waals surface area contributed by atoms with Gasteiger partial charge in [0.1, 0.15) is 22.5 Å². The van der Waals surface area contributed by atoms with Crippen molar-refractivity contribution in [1.82, 2.24) is 10.4 Å². The zero-order chi connectivity index (χ0) is 17.7. The number of amidine groups is 1. The minimum atomic E-state index is -0.129. The predicted octanol–water partition coefficient (Wildman–Crippen LogP) is 1.62. The topological polar surface area (TPSA) is 80.0 Å². The van der Waals surface area contributed by atoms with Gasteiger partial charge in [0.2, 0.25) is 0 Å². The molecule has 0 radical (unpaired) electrons. The van der Waals surface area contributed by atoms with Crippen molar-refractivity contribution in [3.05, 3.63) is 52.2 Å². The molecule has 3 unspecified atom stereocenters. The van der Waals surface area contributed by atoms with Crippen LogP contribution in [0.5, 0.6) is 5.75 Å². The van der Waals surface area contributed by atoms with Gasteiger partial charge in [0.05, 0.1) is 17.1 Å². The average Bonchev–Trinajstić information content (AvgIpc) is 3.30. The van der Waals surface area contributed by atoms with Gasteiger partial charge in [-0.2, -0.15) is 10.0 Å². The molecule has 3 atom stereocenters. The number of allylic oxidation sites excluding steroid dienone is 1. The lowest BCUT2D eigenvalue weighted by atomic mass is 10.0. The van der Waals surface area contributed by atoms with E-state index in [2.05, 4.69) is 33.7 Å². The van der Waals surface area contributed by atoms with Crippen LogP contribution in [-0.2, 0) is 4.79 Å². The fourth-order valence-electron chi connectivity index (χ4n) is 3.26. The third-order valence-corrected chi connectivity index (χ3v) is 6.70. The van der Waals surface area contributed by atoms with Gasteiger partial charge in [-0.3, -0.25) is 4.79 Å². The van der Waals surface area contributed by atoms with Crippen LogP contribution in [0.4, 0.5) is 5.69 Å². The largest absolute Gasteiger partial charge is 0.482 e. The van der Waals surface area contributed by atoms with Crippen molar-refractivity contribution >= 4 is 39.9 Å². The Hall–Kier alpha value is -2.20. The predicted molar refractivity (Wildman–Crippen MR) is 101 cm³/mol. The van der Waals surface area contributed by atoms with Crippen LogP contribution < -0.4 is 20.5 Å². The summed E-state index contributed by atoms with van der Waals surface area (Å²) in [4.78, 5) is 20.7. The number of aliphatic imine (C=N–C) groups is 1. The van der Waals surface area contributed by atoms with Gasteiger partial charge in [0.15, 0.2) is 6.61 Å². The molecule has 0 aliphatic carbocycles. The maximum absolute atomic E-state index is 11.7. The van der Waals surface area contributed by atoms with Gasteiger partial charge in [0.25, 0.3) is 11.1 Å². The van der Waals surface area contributed by atoms with Gasteiger partial charge in [-0.05, 0) is 29.5 Å². The van der Waals surface area contributed by atoms with Crippen molar-refractivity contribution in [2.75, 3.05) is 11.9 Å². The maximum Gasteiger partial charge on any atom is 0.287 e. The van der Waals surface area contributed by atoms with Gasteiger partial charge in [-0.15, -0.1) is 16.8 Å². The highest BCUT2D eigenvalue weighted by molar-refractivity contribution is 8.13. The molecular weight excluding hydrogens is 370 g/mol. The van der Waals surface area contributed by atoms with Crippen LogP contribution in [0.15, 0.2) is 46.7 Å². The lowest BCUT2D eigenvalue weighted by molar-refractivity contribution is -0.815. The van der Waals surface area contributed by atoms with E-state index in [0.717, 1.165) is 32.1 Å². The number of benzene rings is 1. The van der Waals surface area contributed by atoms with Gasteiger partial charge >= 0.3 is 0 Å². The molecule has 5 rings (SSSR count). The van der Waals surface area contributed by atoms with Crippen LogP contribution in [0.25, 0.3) is 0 Å². The van der Waals surface area contributed by atoms with Gasteiger partial charge in [0, 0.05) is 18.5 Å². The van der Waals surface area contributed by atoms with Crippen LogP contribution in [-0.4, -0.2) is 22.7 Å². The molecule has 3 aliphatic rings. The number of carbonyl (C=O) groups is 1. The molecule has 4 heterocycles. The molecule has 132 valence electrons. The Labute approximate surface area is 158 Å². The minimum Gasteiger partial charge on any atom is -0.482 e. The lowest BCUT2D eigenvalue weighted by Gasteiger charge is -2.34. The standard InChI is InChI=1S/C17H15N5O2S2/c1-9-7-19-17-22(9)21-14(16-18-4-5-25-16)15(26-17)10-2-3-12-11(6-10)20-13(23)8-24-12/h2-7,14-15,21H,8H2,1H3,(H,20,23)/p+1. The molecule has 2 aromatic rings. The zero-order valence-electron chi connectivity index (χ0n) is 13.9. The van der Waals surface area contributed by atoms with E-state index < -0.39 is 0 Å². The van der Waals surface area contributed by atoms with E-state index in [4.69, 9.17) is 4.74 Å². The van der Waals surface area contributed by atoms with Crippen molar-refractivity contribution in [3.63, 3.8) is 0 Å². The maximum atomic E-state index is 11.7. The second kappa shape index (κ2) is 6.20. The summed E-state index contributed by atoms with van der Waals surface area (Å²) in [5, 5.41) is 8.09. The summed E-state index contributed by atoms with van der Waals surface area (Å²) in [6.45, 7) is 2.12. The van der Waals surface area contributed by atoms with E-state index in [1.54, 1.807) is 23.1 Å². The van der Waals surface area contributed by atoms with Crippen molar-refractivity contribution < 1.29 is 14.5 Å². The molecule has 9 heteroatoms. The number of thioether (sulfide) groups is 1. The third-order valence-electron chi connectivity index (χ3n) is 4.51. The van der Waals surface area contributed by atoms with Gasteiger partial charge in [-0.25, -0.2) is 4.98 Å². The highest BCUT2D eigenvalue weighted by Gasteiger charge is 2.43. The Kier molecular flexibility index (Phi) is 3.82. The van der Waals surface area contributed by atoms with Crippen LogP contribution in [0.2, 0.25) is 0 Å². The number of thiazole rings is 1. The molecule has 1 saturated heterocycles. The molecule has 1 aromatic heterocycles. The van der Waals surface area contributed by atoms with Crippen molar-refractivity contribution in [2.45, 2.75) is 18.2 Å². The van der Waals surface area contributed by atoms with E-state index >= 15 is 0 Å². The molecule has 0 bridgehead atoms. The first kappa shape index (κ1) is 16.0. The molecule has 1 aromatic carbocycles. The first-order chi connectivity index (χ1) is 12.7. The Balaban J connectivity index is 1.53. The number of nitrogens with zero attached hydrogens (tertiary/aromatic N) is 2. The summed E-state index contributed by atoms with van der Waals surface area (Å²) < 4.78 is 5.48. The molecule has 26 heavy (non-hydrogen) atoms. The molecule has 3 N–H and O–H groups in total. The average molecular weight is 386 g/mol. The number of hydrogen-bond donors (Lipinski definition) is 3. The molecule has 1 amide bonds. The first-order valence-electron chi connectivity index (χ1n) is 8.20. The molecule has 0 saturated carbocycles. The SMILES string of the molecule is CC1=CN=C2SC(c3ccc4c(c3)NC(=O)CO4)C(c3nccs3)N[NH+]12. The van der Waals surface area contributed by atoms with Crippen LogP contribution in [0.3, 0.4) is 0 Å². The number of ether oxygens (including phenoxy) is 1.